The van der Waals surface area contributed by atoms with Gasteiger partial charge in [-0.15, -0.1) is 0 Å². The third kappa shape index (κ3) is 4.19. The number of hydrogen-bond donors (Lipinski definition) is 3. The molecule has 4 N–H and O–H groups in total. The number of unbranched alkanes of at least 4 members (excludes halogenated alkanes) is 1. The average molecular weight is 299 g/mol. The molecular formula is C14H25N3O2S. The second-order valence-corrected chi connectivity index (χ2v) is 6.90. The first-order valence-electron chi connectivity index (χ1n) is 6.92. The van der Waals surface area contributed by atoms with E-state index in [-0.39, 0.29) is 6.04 Å². The van der Waals surface area contributed by atoms with Gasteiger partial charge in [0.2, 0.25) is 10.0 Å². The molecule has 1 unspecified atom stereocenters. The van der Waals surface area contributed by atoms with E-state index < -0.39 is 10.0 Å². The summed E-state index contributed by atoms with van der Waals surface area (Å²) in [6.07, 6.45) is 2.91. The van der Waals surface area contributed by atoms with E-state index in [9.17, 15) is 8.42 Å². The summed E-state index contributed by atoms with van der Waals surface area (Å²) in [5.41, 5.74) is 4.62. The number of nitrogen functional groups attached to an aromatic ring is 1. The predicted octanol–water partition coefficient (Wildman–Crippen LogP) is 2.45. The number of hydrogen-bond acceptors (Lipinski definition) is 4. The number of rotatable bonds is 7. The van der Waals surface area contributed by atoms with E-state index in [2.05, 4.69) is 17.1 Å². The van der Waals surface area contributed by atoms with Crippen LogP contribution in [0, 0.1) is 13.8 Å². The Morgan fingerprint density at radius 1 is 1.25 bits per heavy atom. The van der Waals surface area contributed by atoms with Gasteiger partial charge in [0.25, 0.3) is 0 Å². The number of anilines is 1. The molecule has 0 heterocycles. The van der Waals surface area contributed by atoms with Crippen molar-refractivity contribution in [1.82, 2.24) is 4.72 Å². The van der Waals surface area contributed by atoms with Crippen LogP contribution < -0.4 is 16.0 Å². The molecule has 1 aromatic carbocycles. The van der Waals surface area contributed by atoms with Crippen LogP contribution in [0.4, 0.5) is 5.69 Å². The van der Waals surface area contributed by atoms with Crippen LogP contribution in [0.15, 0.2) is 17.0 Å². The van der Waals surface area contributed by atoms with Crippen LogP contribution in [0.3, 0.4) is 0 Å². The smallest absolute Gasteiger partial charge is 0.241 e. The molecule has 0 aliphatic rings. The SMILES string of the molecule is CCCCC(C)NS(=O)(=O)c1c(C)cc(NN)cc1C. The van der Waals surface area contributed by atoms with Crippen molar-refractivity contribution in [1.29, 1.82) is 0 Å². The molecule has 1 rings (SSSR count). The quantitative estimate of drug-likeness (QED) is 0.533. The first kappa shape index (κ1) is 16.9. The van der Waals surface area contributed by atoms with Crippen LogP contribution >= 0.6 is 0 Å². The highest BCUT2D eigenvalue weighted by Crippen LogP contribution is 2.24. The zero-order chi connectivity index (χ0) is 15.3. The Bertz CT molecular complexity index is 533. The third-order valence-electron chi connectivity index (χ3n) is 3.24. The van der Waals surface area contributed by atoms with Gasteiger partial charge < -0.3 is 5.43 Å². The van der Waals surface area contributed by atoms with Gasteiger partial charge in [0.1, 0.15) is 0 Å². The van der Waals surface area contributed by atoms with Crippen LogP contribution in [-0.2, 0) is 10.0 Å². The lowest BCUT2D eigenvalue weighted by molar-refractivity contribution is 0.533. The van der Waals surface area contributed by atoms with E-state index >= 15 is 0 Å². The van der Waals surface area contributed by atoms with Gasteiger partial charge in [-0.3, -0.25) is 5.84 Å². The summed E-state index contributed by atoms with van der Waals surface area (Å²) in [4.78, 5) is 0.347. The maximum absolute atomic E-state index is 12.5. The van der Waals surface area contributed by atoms with Crippen LogP contribution in [-0.4, -0.2) is 14.5 Å². The Morgan fingerprint density at radius 2 is 1.80 bits per heavy atom. The Balaban J connectivity index is 3.04. The van der Waals surface area contributed by atoms with E-state index in [1.54, 1.807) is 26.0 Å². The topological polar surface area (TPSA) is 84.2 Å². The molecule has 0 aliphatic heterocycles. The largest absolute Gasteiger partial charge is 0.324 e. The maximum atomic E-state index is 12.5. The molecule has 0 radical (unpaired) electrons. The lowest BCUT2D eigenvalue weighted by Gasteiger charge is -2.17. The first-order chi connectivity index (χ1) is 9.31. The van der Waals surface area contributed by atoms with Gasteiger partial charge in [0, 0.05) is 11.7 Å². The van der Waals surface area contributed by atoms with Crippen molar-refractivity contribution in [2.45, 2.75) is 57.9 Å². The second kappa shape index (κ2) is 7.06. The summed E-state index contributed by atoms with van der Waals surface area (Å²) in [5.74, 6) is 5.37. The molecule has 114 valence electrons. The summed E-state index contributed by atoms with van der Waals surface area (Å²) in [5, 5.41) is 0. The third-order valence-corrected chi connectivity index (χ3v) is 5.14. The Hall–Kier alpha value is -1.11. The highest BCUT2D eigenvalue weighted by molar-refractivity contribution is 7.89. The van der Waals surface area contributed by atoms with Crippen LogP contribution in [0.5, 0.6) is 0 Å². The summed E-state index contributed by atoms with van der Waals surface area (Å²) >= 11 is 0. The predicted molar refractivity (Wildman–Crippen MR) is 83.0 cm³/mol. The fourth-order valence-corrected chi connectivity index (χ4v) is 4.08. The molecule has 0 aromatic heterocycles. The van der Waals surface area contributed by atoms with Gasteiger partial charge in [-0.2, -0.15) is 0 Å². The summed E-state index contributed by atoms with van der Waals surface area (Å²) in [6.45, 7) is 7.54. The standard InChI is InChI=1S/C14H25N3O2S/c1-5-6-7-12(4)17-20(18,19)14-10(2)8-13(16-15)9-11(14)3/h8-9,12,16-17H,5-7,15H2,1-4H3. The minimum Gasteiger partial charge on any atom is -0.324 e. The molecule has 0 aliphatic carbocycles. The number of benzene rings is 1. The van der Waals surface area contributed by atoms with E-state index in [1.165, 1.54) is 0 Å². The van der Waals surface area contributed by atoms with Crippen molar-refractivity contribution in [2.24, 2.45) is 5.84 Å². The van der Waals surface area contributed by atoms with Crippen LogP contribution in [0.25, 0.3) is 0 Å². The van der Waals surface area contributed by atoms with Gasteiger partial charge in [0.15, 0.2) is 0 Å². The average Bonchev–Trinajstić information content (AvgIpc) is 2.34. The Labute approximate surface area is 122 Å². The fraction of sp³-hybridized carbons (Fsp3) is 0.571. The van der Waals surface area contributed by atoms with Gasteiger partial charge in [-0.25, -0.2) is 13.1 Å². The van der Waals surface area contributed by atoms with Crippen molar-refractivity contribution in [2.75, 3.05) is 5.43 Å². The summed E-state index contributed by atoms with van der Waals surface area (Å²) < 4.78 is 27.7. The molecule has 0 fully saturated rings. The van der Waals surface area contributed by atoms with Gasteiger partial charge in [-0.05, 0) is 50.5 Å². The van der Waals surface area contributed by atoms with Gasteiger partial charge in [-0.1, -0.05) is 19.8 Å². The number of nitrogens with one attached hydrogen (secondary N) is 2. The molecule has 1 atom stereocenters. The van der Waals surface area contributed by atoms with E-state index in [0.29, 0.717) is 21.7 Å². The Kier molecular flexibility index (Phi) is 5.98. The Morgan fingerprint density at radius 3 is 2.25 bits per heavy atom. The van der Waals surface area contributed by atoms with Crippen molar-refractivity contribution >= 4 is 15.7 Å². The highest BCUT2D eigenvalue weighted by atomic mass is 32.2. The fourth-order valence-electron chi connectivity index (χ4n) is 2.35. The lowest BCUT2D eigenvalue weighted by atomic mass is 10.1. The van der Waals surface area contributed by atoms with E-state index in [1.807, 2.05) is 6.92 Å². The molecule has 0 spiro atoms. The lowest BCUT2D eigenvalue weighted by Crippen LogP contribution is -2.33. The zero-order valence-corrected chi connectivity index (χ0v) is 13.5. The number of nitrogens with two attached hydrogens (primary N) is 1. The molecule has 0 amide bonds. The van der Waals surface area contributed by atoms with Crippen molar-refractivity contribution < 1.29 is 8.42 Å². The highest BCUT2D eigenvalue weighted by Gasteiger charge is 2.22. The minimum absolute atomic E-state index is 0.0638. The molecule has 6 heteroatoms. The normalized spacial score (nSPS) is 13.2. The van der Waals surface area contributed by atoms with Crippen LogP contribution in [0.2, 0.25) is 0 Å². The van der Waals surface area contributed by atoms with Crippen LogP contribution in [0.1, 0.15) is 44.2 Å². The van der Waals surface area contributed by atoms with Crippen molar-refractivity contribution in [3.05, 3.63) is 23.3 Å². The van der Waals surface area contributed by atoms with E-state index in [0.717, 1.165) is 19.3 Å². The van der Waals surface area contributed by atoms with Gasteiger partial charge >= 0.3 is 0 Å². The number of sulfonamides is 1. The van der Waals surface area contributed by atoms with Gasteiger partial charge in [0.05, 0.1) is 4.90 Å². The molecule has 0 saturated carbocycles. The summed E-state index contributed by atoms with van der Waals surface area (Å²) in [7, 11) is -3.49. The molecule has 20 heavy (non-hydrogen) atoms. The summed E-state index contributed by atoms with van der Waals surface area (Å²) in [6, 6.07) is 3.40. The van der Waals surface area contributed by atoms with Crippen molar-refractivity contribution in [3.8, 4) is 0 Å². The monoisotopic (exact) mass is 299 g/mol. The zero-order valence-electron chi connectivity index (χ0n) is 12.7. The first-order valence-corrected chi connectivity index (χ1v) is 8.40. The van der Waals surface area contributed by atoms with Crippen molar-refractivity contribution in [3.63, 3.8) is 0 Å². The second-order valence-electron chi connectivity index (χ2n) is 5.25. The molecule has 0 bridgehead atoms. The molecule has 5 nitrogen and oxygen atoms in total. The molecule has 1 aromatic rings. The number of aryl methyl sites for hydroxylation is 2. The van der Waals surface area contributed by atoms with E-state index in [4.69, 9.17) is 5.84 Å². The molecule has 0 saturated heterocycles. The molecular weight excluding hydrogens is 274 g/mol. The number of hydrazine groups is 1. The maximum Gasteiger partial charge on any atom is 0.241 e. The minimum atomic E-state index is -3.49.